The SMILES string of the molecule is CN(C)c1ccc(OC2CCN(C(=O)c3ccc4cc[nH]c4c3)C2)nn1. The van der Waals surface area contributed by atoms with E-state index in [4.69, 9.17) is 4.74 Å². The molecule has 1 aliphatic heterocycles. The summed E-state index contributed by atoms with van der Waals surface area (Å²) in [5.41, 5.74) is 1.66. The summed E-state index contributed by atoms with van der Waals surface area (Å²) in [5.74, 6) is 1.30. The summed E-state index contributed by atoms with van der Waals surface area (Å²) < 4.78 is 5.89. The van der Waals surface area contributed by atoms with Gasteiger partial charge in [0.05, 0.1) is 6.54 Å². The summed E-state index contributed by atoms with van der Waals surface area (Å²) in [6.07, 6.45) is 2.60. The molecule has 0 saturated carbocycles. The number of anilines is 1. The Balaban J connectivity index is 1.40. The van der Waals surface area contributed by atoms with Crippen LogP contribution in [0.4, 0.5) is 5.82 Å². The van der Waals surface area contributed by atoms with Crippen molar-refractivity contribution in [1.82, 2.24) is 20.1 Å². The monoisotopic (exact) mass is 351 g/mol. The molecule has 7 heteroatoms. The van der Waals surface area contributed by atoms with E-state index in [9.17, 15) is 4.79 Å². The van der Waals surface area contributed by atoms with Gasteiger partial charge >= 0.3 is 0 Å². The fourth-order valence-electron chi connectivity index (χ4n) is 3.16. The summed E-state index contributed by atoms with van der Waals surface area (Å²) in [7, 11) is 3.82. The van der Waals surface area contributed by atoms with Crippen LogP contribution in [0.5, 0.6) is 5.88 Å². The Bertz CT molecular complexity index is 919. The van der Waals surface area contributed by atoms with Crippen LogP contribution in [0, 0.1) is 0 Å². The molecule has 1 unspecified atom stereocenters. The second-order valence-electron chi connectivity index (χ2n) is 6.68. The zero-order valence-corrected chi connectivity index (χ0v) is 14.8. The average molecular weight is 351 g/mol. The Labute approximate surface area is 151 Å². The summed E-state index contributed by atoms with van der Waals surface area (Å²) >= 11 is 0. The molecule has 26 heavy (non-hydrogen) atoms. The molecule has 1 aliphatic rings. The van der Waals surface area contributed by atoms with E-state index < -0.39 is 0 Å². The number of hydrogen-bond donors (Lipinski definition) is 1. The summed E-state index contributed by atoms with van der Waals surface area (Å²) in [6.45, 7) is 1.23. The van der Waals surface area contributed by atoms with Crippen molar-refractivity contribution in [2.75, 3.05) is 32.1 Å². The molecule has 0 aliphatic carbocycles. The molecule has 4 rings (SSSR count). The number of carbonyl (C=O) groups is 1. The van der Waals surface area contributed by atoms with Gasteiger partial charge in [0.15, 0.2) is 5.82 Å². The molecule has 7 nitrogen and oxygen atoms in total. The minimum Gasteiger partial charge on any atom is -0.471 e. The van der Waals surface area contributed by atoms with E-state index in [0.29, 0.717) is 24.5 Å². The van der Waals surface area contributed by atoms with Crippen LogP contribution in [0.3, 0.4) is 0 Å². The first-order chi connectivity index (χ1) is 12.6. The van der Waals surface area contributed by atoms with Crippen molar-refractivity contribution in [1.29, 1.82) is 0 Å². The number of aromatic nitrogens is 3. The van der Waals surface area contributed by atoms with Gasteiger partial charge in [0.25, 0.3) is 5.91 Å². The van der Waals surface area contributed by atoms with E-state index in [1.807, 2.05) is 66.5 Å². The van der Waals surface area contributed by atoms with Crippen LogP contribution < -0.4 is 9.64 Å². The van der Waals surface area contributed by atoms with Crippen LogP contribution in [0.1, 0.15) is 16.8 Å². The largest absolute Gasteiger partial charge is 0.471 e. The van der Waals surface area contributed by atoms with Gasteiger partial charge in [-0.25, -0.2) is 0 Å². The van der Waals surface area contributed by atoms with Gasteiger partial charge in [-0.2, -0.15) is 0 Å². The maximum absolute atomic E-state index is 12.8. The minimum atomic E-state index is -0.0623. The molecule has 0 bridgehead atoms. The van der Waals surface area contributed by atoms with Crippen LogP contribution in [0.25, 0.3) is 10.9 Å². The van der Waals surface area contributed by atoms with Gasteiger partial charge in [0, 0.05) is 50.4 Å². The third-order valence-electron chi connectivity index (χ3n) is 4.61. The van der Waals surface area contributed by atoms with Crippen LogP contribution >= 0.6 is 0 Å². The molecule has 0 radical (unpaired) electrons. The molecule has 1 atom stereocenters. The van der Waals surface area contributed by atoms with Gasteiger partial charge in [-0.15, -0.1) is 10.2 Å². The molecule has 1 saturated heterocycles. The molecule has 0 spiro atoms. The number of likely N-dealkylation sites (tertiary alicyclic amines) is 1. The maximum Gasteiger partial charge on any atom is 0.254 e. The number of nitrogens with zero attached hydrogens (tertiary/aromatic N) is 4. The molecule has 1 amide bonds. The summed E-state index contributed by atoms with van der Waals surface area (Å²) in [5, 5.41) is 9.31. The van der Waals surface area contributed by atoms with Crippen LogP contribution in [0.15, 0.2) is 42.6 Å². The molecule has 3 heterocycles. The Hall–Kier alpha value is -3.09. The lowest BCUT2D eigenvalue weighted by atomic mass is 10.1. The van der Waals surface area contributed by atoms with Crippen LogP contribution in [0.2, 0.25) is 0 Å². The van der Waals surface area contributed by atoms with Crippen LogP contribution in [-0.2, 0) is 0 Å². The van der Waals surface area contributed by atoms with E-state index in [1.54, 1.807) is 0 Å². The predicted octanol–water partition coefficient (Wildman–Crippen LogP) is 2.32. The van der Waals surface area contributed by atoms with E-state index in [1.165, 1.54) is 0 Å². The number of hydrogen-bond acceptors (Lipinski definition) is 5. The molecule has 2 aromatic heterocycles. The number of nitrogens with one attached hydrogen (secondary N) is 1. The van der Waals surface area contributed by atoms with Gasteiger partial charge < -0.3 is 19.5 Å². The lowest BCUT2D eigenvalue weighted by molar-refractivity contribution is 0.0771. The molecule has 1 fully saturated rings. The Morgan fingerprint density at radius 2 is 2.12 bits per heavy atom. The number of aromatic amines is 1. The maximum atomic E-state index is 12.8. The number of carbonyl (C=O) groups excluding carboxylic acids is 1. The number of fused-ring (bicyclic) bond motifs is 1. The number of amides is 1. The zero-order valence-electron chi connectivity index (χ0n) is 14.8. The lowest BCUT2D eigenvalue weighted by Gasteiger charge is -2.17. The van der Waals surface area contributed by atoms with Crippen molar-refractivity contribution < 1.29 is 9.53 Å². The van der Waals surface area contributed by atoms with E-state index in [-0.39, 0.29) is 12.0 Å². The molecule has 3 aromatic rings. The predicted molar refractivity (Wildman–Crippen MR) is 99.6 cm³/mol. The lowest BCUT2D eigenvalue weighted by Crippen LogP contribution is -2.31. The summed E-state index contributed by atoms with van der Waals surface area (Å²) in [4.78, 5) is 19.6. The Kier molecular flexibility index (Phi) is 4.20. The standard InChI is InChI=1S/C19H21N5O2/c1-23(2)17-5-6-18(22-21-17)26-15-8-10-24(12-15)19(25)14-4-3-13-7-9-20-16(13)11-14/h3-7,9,11,15,20H,8,10,12H2,1-2H3. The van der Waals surface area contributed by atoms with Crippen molar-refractivity contribution in [2.45, 2.75) is 12.5 Å². The number of ether oxygens (including phenoxy) is 1. The van der Waals surface area contributed by atoms with Gasteiger partial charge in [0.2, 0.25) is 5.88 Å². The van der Waals surface area contributed by atoms with Crippen LogP contribution in [-0.4, -0.2) is 59.3 Å². The first-order valence-electron chi connectivity index (χ1n) is 8.64. The topological polar surface area (TPSA) is 74.3 Å². The van der Waals surface area contributed by atoms with Gasteiger partial charge in [0.1, 0.15) is 6.10 Å². The first kappa shape index (κ1) is 16.4. The molecule has 1 N–H and O–H groups in total. The highest BCUT2D eigenvalue weighted by Crippen LogP contribution is 2.21. The highest BCUT2D eigenvalue weighted by molar-refractivity contribution is 5.98. The van der Waals surface area contributed by atoms with Crippen molar-refractivity contribution in [2.24, 2.45) is 0 Å². The number of benzene rings is 1. The van der Waals surface area contributed by atoms with Crippen molar-refractivity contribution in [3.05, 3.63) is 48.2 Å². The van der Waals surface area contributed by atoms with E-state index in [0.717, 1.165) is 23.1 Å². The highest BCUT2D eigenvalue weighted by Gasteiger charge is 2.28. The van der Waals surface area contributed by atoms with Gasteiger partial charge in [-0.1, -0.05) is 6.07 Å². The fraction of sp³-hybridized carbons (Fsp3) is 0.316. The molecular formula is C19H21N5O2. The zero-order chi connectivity index (χ0) is 18.1. The third-order valence-corrected chi connectivity index (χ3v) is 4.61. The van der Waals surface area contributed by atoms with E-state index in [2.05, 4.69) is 15.2 Å². The second kappa shape index (κ2) is 6.67. The average Bonchev–Trinajstić information content (AvgIpc) is 3.30. The van der Waals surface area contributed by atoms with Crippen molar-refractivity contribution >= 4 is 22.6 Å². The fourth-order valence-corrected chi connectivity index (χ4v) is 3.16. The van der Waals surface area contributed by atoms with Gasteiger partial charge in [-0.05, 0) is 29.7 Å². The third kappa shape index (κ3) is 3.20. The van der Waals surface area contributed by atoms with Crippen molar-refractivity contribution in [3.63, 3.8) is 0 Å². The molecule has 1 aromatic carbocycles. The molecule has 134 valence electrons. The minimum absolute atomic E-state index is 0.0293. The van der Waals surface area contributed by atoms with Crippen molar-refractivity contribution in [3.8, 4) is 5.88 Å². The molecular weight excluding hydrogens is 330 g/mol. The Morgan fingerprint density at radius 1 is 1.23 bits per heavy atom. The normalized spacial score (nSPS) is 16.8. The highest BCUT2D eigenvalue weighted by atomic mass is 16.5. The van der Waals surface area contributed by atoms with E-state index >= 15 is 0 Å². The van der Waals surface area contributed by atoms with Gasteiger partial charge in [-0.3, -0.25) is 4.79 Å². The quantitative estimate of drug-likeness (QED) is 0.781. The number of H-pyrrole nitrogens is 1. The smallest absolute Gasteiger partial charge is 0.254 e. The number of rotatable bonds is 4. The Morgan fingerprint density at radius 3 is 2.88 bits per heavy atom. The summed E-state index contributed by atoms with van der Waals surface area (Å²) in [6, 6.07) is 11.4. The second-order valence-corrected chi connectivity index (χ2v) is 6.68. The first-order valence-corrected chi connectivity index (χ1v) is 8.64.